The molecule has 64 heavy (non-hydrogen) atoms. The van der Waals surface area contributed by atoms with E-state index in [0.717, 1.165) is 83.2 Å². The summed E-state index contributed by atoms with van der Waals surface area (Å²) in [4.78, 5) is 2.41. The van der Waals surface area contributed by atoms with Crippen molar-refractivity contribution in [3.8, 4) is 44.5 Å². The van der Waals surface area contributed by atoms with Crippen molar-refractivity contribution in [1.82, 2.24) is 0 Å². The SMILES string of the molecule is CC1(C)c2ccccc2-c2cccc(-c3ccc(N(c4ccc(-c5cccc6oc7ccccc7c56)cc4)c4ccccc4-c4cccc5oc6cc7ccccc7cc6c45)cc3)c21. The van der Waals surface area contributed by atoms with E-state index in [1.807, 2.05) is 12.1 Å². The number of fused-ring (bicyclic) bond motifs is 10. The van der Waals surface area contributed by atoms with Crippen LogP contribution in [-0.2, 0) is 5.41 Å². The maximum absolute atomic E-state index is 6.60. The number of nitrogens with zero attached hydrogens (tertiary/aromatic N) is 1. The molecule has 1 aliphatic carbocycles. The first-order valence-corrected chi connectivity index (χ1v) is 22.1. The van der Waals surface area contributed by atoms with E-state index in [2.05, 4.69) is 219 Å². The standard InChI is InChI=1S/C61H41NO2/c1-61(2)52-23-8-5-16-46(52)49-22-11-20-45(60(49)61)39-30-34-43(35-31-39)62(42-32-28-38(29-33-42)44-19-12-26-55-58(44)50-18-7-10-25-54(50)63-55)53-24-9-6-17-47(53)48-21-13-27-56-59(48)51-36-40-14-3-4-15-41(40)37-57(51)64-56/h3-37H,1-2H3. The Morgan fingerprint density at radius 2 is 0.875 bits per heavy atom. The van der Waals surface area contributed by atoms with Crippen LogP contribution in [0.2, 0.25) is 0 Å². The molecule has 0 radical (unpaired) electrons. The molecule has 0 saturated carbocycles. The highest BCUT2D eigenvalue weighted by Gasteiger charge is 2.37. The highest BCUT2D eigenvalue weighted by molar-refractivity contribution is 6.17. The number of rotatable bonds is 6. The van der Waals surface area contributed by atoms with Gasteiger partial charge in [0.05, 0.1) is 5.69 Å². The fourth-order valence-corrected chi connectivity index (χ4v) is 10.7. The predicted octanol–water partition coefficient (Wildman–Crippen LogP) is 17.4. The lowest BCUT2D eigenvalue weighted by atomic mass is 9.79. The lowest BCUT2D eigenvalue weighted by molar-refractivity contribution is 0.662. The van der Waals surface area contributed by atoms with Gasteiger partial charge in [-0.15, -0.1) is 0 Å². The Morgan fingerprint density at radius 3 is 1.64 bits per heavy atom. The van der Waals surface area contributed by atoms with Gasteiger partial charge in [-0.1, -0.05) is 166 Å². The van der Waals surface area contributed by atoms with Crippen molar-refractivity contribution in [3.05, 3.63) is 223 Å². The number of benzene rings is 10. The van der Waals surface area contributed by atoms with Gasteiger partial charge in [0.2, 0.25) is 0 Å². The minimum atomic E-state index is -0.119. The number of hydrogen-bond donors (Lipinski definition) is 0. The van der Waals surface area contributed by atoms with E-state index in [9.17, 15) is 0 Å². The van der Waals surface area contributed by atoms with Crippen molar-refractivity contribution in [3.63, 3.8) is 0 Å². The van der Waals surface area contributed by atoms with E-state index in [1.165, 1.54) is 44.2 Å². The van der Waals surface area contributed by atoms with Crippen LogP contribution in [0.25, 0.3) is 99.2 Å². The summed E-state index contributed by atoms with van der Waals surface area (Å²) in [5, 5.41) is 6.84. The van der Waals surface area contributed by atoms with E-state index in [4.69, 9.17) is 8.83 Å². The van der Waals surface area contributed by atoms with Gasteiger partial charge in [0.1, 0.15) is 22.3 Å². The highest BCUT2D eigenvalue weighted by Crippen LogP contribution is 2.53. The second-order valence-corrected chi connectivity index (χ2v) is 17.6. The minimum absolute atomic E-state index is 0.119. The molecular formula is C61H41NO2. The molecule has 0 fully saturated rings. The van der Waals surface area contributed by atoms with Crippen LogP contribution in [-0.4, -0.2) is 0 Å². The van der Waals surface area contributed by atoms with Gasteiger partial charge in [0.25, 0.3) is 0 Å². The summed E-state index contributed by atoms with van der Waals surface area (Å²) in [7, 11) is 0. The van der Waals surface area contributed by atoms with Crippen LogP contribution in [0, 0.1) is 0 Å². The molecule has 0 spiro atoms. The molecule has 0 N–H and O–H groups in total. The molecule has 3 nitrogen and oxygen atoms in total. The number of anilines is 3. The zero-order valence-corrected chi connectivity index (χ0v) is 35.5. The van der Waals surface area contributed by atoms with Crippen LogP contribution in [0.3, 0.4) is 0 Å². The van der Waals surface area contributed by atoms with Crippen molar-refractivity contribution in [2.24, 2.45) is 0 Å². The summed E-state index contributed by atoms with van der Waals surface area (Å²) in [6, 6.07) is 76.7. The maximum atomic E-state index is 6.60. The molecular weight excluding hydrogens is 779 g/mol. The van der Waals surface area contributed by atoms with Crippen LogP contribution >= 0.6 is 0 Å². The van der Waals surface area contributed by atoms with Gasteiger partial charge >= 0.3 is 0 Å². The van der Waals surface area contributed by atoms with E-state index in [0.29, 0.717) is 0 Å². The Kier molecular flexibility index (Phi) is 7.95. The van der Waals surface area contributed by atoms with Gasteiger partial charge in [-0.05, 0) is 122 Å². The second kappa shape index (κ2) is 13.9. The van der Waals surface area contributed by atoms with Gasteiger partial charge in [0, 0.05) is 43.9 Å². The number of hydrogen-bond acceptors (Lipinski definition) is 3. The maximum Gasteiger partial charge on any atom is 0.136 e. The number of para-hydroxylation sites is 2. The summed E-state index contributed by atoms with van der Waals surface area (Å²) in [5.74, 6) is 0. The quantitative estimate of drug-likeness (QED) is 0.167. The van der Waals surface area contributed by atoms with Gasteiger partial charge < -0.3 is 13.7 Å². The Labute approximate surface area is 371 Å². The van der Waals surface area contributed by atoms with Gasteiger partial charge in [-0.3, -0.25) is 0 Å². The van der Waals surface area contributed by atoms with Gasteiger partial charge in [0.15, 0.2) is 0 Å². The zero-order valence-electron chi connectivity index (χ0n) is 35.5. The summed E-state index contributed by atoms with van der Waals surface area (Å²) < 4.78 is 12.9. The fraction of sp³-hybridized carbons (Fsp3) is 0.0492. The lowest BCUT2D eigenvalue weighted by Gasteiger charge is -2.29. The normalized spacial score (nSPS) is 13.0. The van der Waals surface area contributed by atoms with E-state index < -0.39 is 0 Å². The monoisotopic (exact) mass is 819 g/mol. The molecule has 0 bridgehead atoms. The molecule has 0 atom stereocenters. The molecule has 0 saturated heterocycles. The molecule has 12 aromatic rings. The smallest absolute Gasteiger partial charge is 0.136 e. The van der Waals surface area contributed by atoms with E-state index in [-0.39, 0.29) is 5.41 Å². The third-order valence-electron chi connectivity index (χ3n) is 13.7. The molecule has 0 amide bonds. The zero-order chi connectivity index (χ0) is 42.5. The average Bonchev–Trinajstić information content (AvgIpc) is 3.99. The largest absolute Gasteiger partial charge is 0.456 e. The summed E-state index contributed by atoms with van der Waals surface area (Å²) in [6.45, 7) is 4.72. The summed E-state index contributed by atoms with van der Waals surface area (Å²) >= 11 is 0. The van der Waals surface area contributed by atoms with Crippen molar-refractivity contribution in [1.29, 1.82) is 0 Å². The van der Waals surface area contributed by atoms with Crippen LogP contribution in [0.1, 0.15) is 25.0 Å². The Balaban J connectivity index is 0.985. The summed E-state index contributed by atoms with van der Waals surface area (Å²) in [5.41, 5.74) is 19.1. The van der Waals surface area contributed by atoms with E-state index in [1.54, 1.807) is 0 Å². The molecule has 0 aliphatic heterocycles. The topological polar surface area (TPSA) is 29.5 Å². The third kappa shape index (κ3) is 5.47. The molecule has 2 heterocycles. The first-order valence-electron chi connectivity index (χ1n) is 22.1. The van der Waals surface area contributed by atoms with E-state index >= 15 is 0 Å². The minimum Gasteiger partial charge on any atom is -0.456 e. The van der Waals surface area contributed by atoms with Crippen LogP contribution < -0.4 is 4.90 Å². The van der Waals surface area contributed by atoms with Crippen LogP contribution in [0.15, 0.2) is 221 Å². The summed E-state index contributed by atoms with van der Waals surface area (Å²) in [6.07, 6.45) is 0. The first kappa shape index (κ1) is 36.5. The molecule has 10 aromatic carbocycles. The highest BCUT2D eigenvalue weighted by atomic mass is 16.3. The molecule has 1 aliphatic rings. The molecule has 13 rings (SSSR count). The van der Waals surface area contributed by atoms with Gasteiger partial charge in [-0.25, -0.2) is 0 Å². The lowest BCUT2D eigenvalue weighted by Crippen LogP contribution is -2.16. The average molecular weight is 820 g/mol. The Hall–Kier alpha value is -8.14. The van der Waals surface area contributed by atoms with Gasteiger partial charge in [-0.2, -0.15) is 0 Å². The number of furan rings is 2. The second-order valence-electron chi connectivity index (χ2n) is 17.6. The Bertz CT molecular complexity index is 3810. The van der Waals surface area contributed by atoms with Crippen molar-refractivity contribution < 1.29 is 8.83 Å². The molecule has 0 unspecified atom stereocenters. The third-order valence-corrected chi connectivity index (χ3v) is 13.7. The fourth-order valence-electron chi connectivity index (χ4n) is 10.7. The van der Waals surface area contributed by atoms with Crippen molar-refractivity contribution >= 4 is 71.7 Å². The van der Waals surface area contributed by atoms with Crippen LogP contribution in [0.4, 0.5) is 17.1 Å². The molecule has 3 heteroatoms. The molecule has 302 valence electrons. The van der Waals surface area contributed by atoms with Crippen LogP contribution in [0.5, 0.6) is 0 Å². The predicted molar refractivity (Wildman–Crippen MR) is 267 cm³/mol. The van der Waals surface area contributed by atoms with Crippen molar-refractivity contribution in [2.45, 2.75) is 19.3 Å². The van der Waals surface area contributed by atoms with Crippen molar-refractivity contribution in [2.75, 3.05) is 4.90 Å². The Morgan fingerprint density at radius 1 is 0.359 bits per heavy atom. The first-order chi connectivity index (χ1) is 31.5. The molecule has 2 aromatic heterocycles.